The van der Waals surface area contributed by atoms with Crippen LogP contribution in [0.2, 0.25) is 0 Å². The minimum absolute atomic E-state index is 0.0269. The number of pyridine rings is 1. The van der Waals surface area contributed by atoms with E-state index in [2.05, 4.69) is 17.2 Å². The molecule has 1 aliphatic rings. The van der Waals surface area contributed by atoms with Crippen LogP contribution in [0.5, 0.6) is 0 Å². The van der Waals surface area contributed by atoms with E-state index in [1.54, 1.807) is 12.3 Å². The van der Waals surface area contributed by atoms with Crippen LogP contribution in [0.3, 0.4) is 0 Å². The molecule has 1 N–H and O–H groups in total. The summed E-state index contributed by atoms with van der Waals surface area (Å²) in [6.45, 7) is 2.10. The Balaban J connectivity index is 2.23. The van der Waals surface area contributed by atoms with Crippen molar-refractivity contribution in [1.29, 1.82) is 0 Å². The second-order valence-electron chi connectivity index (χ2n) is 4.24. The molecule has 86 valence electrons. The summed E-state index contributed by atoms with van der Waals surface area (Å²) < 4.78 is 0. The molecule has 1 fully saturated rings. The van der Waals surface area contributed by atoms with E-state index in [9.17, 15) is 10.1 Å². The largest absolute Gasteiger partial charge is 0.359 e. The van der Waals surface area contributed by atoms with Gasteiger partial charge in [-0.15, -0.1) is 0 Å². The standard InChI is InChI=1S/C11H15N3O2/c1-2-11(6-4-7-11)13-10-9(14(15)16)5-3-8-12-10/h3,5,8H,2,4,6-7H2,1H3,(H,12,13). The Morgan fingerprint density at radius 1 is 1.62 bits per heavy atom. The van der Waals surface area contributed by atoms with Crippen molar-refractivity contribution in [2.45, 2.75) is 38.1 Å². The Morgan fingerprint density at radius 2 is 2.38 bits per heavy atom. The van der Waals surface area contributed by atoms with Gasteiger partial charge in [0, 0.05) is 17.8 Å². The number of nitrogens with zero attached hydrogens (tertiary/aromatic N) is 2. The Hall–Kier alpha value is -1.65. The lowest BCUT2D eigenvalue weighted by molar-refractivity contribution is -0.384. The molecule has 0 unspecified atom stereocenters. The fraction of sp³-hybridized carbons (Fsp3) is 0.545. The van der Waals surface area contributed by atoms with Gasteiger partial charge in [0.25, 0.3) is 0 Å². The molecule has 0 aliphatic heterocycles. The summed E-state index contributed by atoms with van der Waals surface area (Å²) in [6, 6.07) is 3.07. The number of nitro groups is 1. The van der Waals surface area contributed by atoms with Crippen LogP contribution < -0.4 is 5.32 Å². The Kier molecular flexibility index (Phi) is 2.77. The van der Waals surface area contributed by atoms with Crippen LogP contribution in [0.4, 0.5) is 11.5 Å². The highest BCUT2D eigenvalue weighted by Crippen LogP contribution is 2.39. The number of hydrogen-bond donors (Lipinski definition) is 1. The molecule has 0 saturated heterocycles. The number of hydrogen-bond acceptors (Lipinski definition) is 4. The molecule has 5 nitrogen and oxygen atoms in total. The van der Waals surface area contributed by atoms with Crippen molar-refractivity contribution >= 4 is 11.5 Å². The summed E-state index contributed by atoms with van der Waals surface area (Å²) in [6.07, 6.45) is 5.87. The summed E-state index contributed by atoms with van der Waals surface area (Å²) in [5, 5.41) is 14.1. The van der Waals surface area contributed by atoms with Crippen LogP contribution in [0.25, 0.3) is 0 Å². The van der Waals surface area contributed by atoms with E-state index in [1.165, 1.54) is 12.5 Å². The van der Waals surface area contributed by atoms with E-state index < -0.39 is 4.92 Å². The summed E-state index contributed by atoms with van der Waals surface area (Å²) >= 11 is 0. The van der Waals surface area contributed by atoms with Gasteiger partial charge in [-0.3, -0.25) is 10.1 Å². The molecule has 1 heterocycles. The van der Waals surface area contributed by atoms with Crippen LogP contribution in [0.1, 0.15) is 32.6 Å². The fourth-order valence-corrected chi connectivity index (χ4v) is 2.06. The summed E-state index contributed by atoms with van der Waals surface area (Å²) in [7, 11) is 0. The second-order valence-corrected chi connectivity index (χ2v) is 4.24. The van der Waals surface area contributed by atoms with E-state index >= 15 is 0 Å². The third-order valence-corrected chi connectivity index (χ3v) is 3.35. The van der Waals surface area contributed by atoms with Crippen molar-refractivity contribution in [1.82, 2.24) is 4.98 Å². The first-order chi connectivity index (χ1) is 7.67. The van der Waals surface area contributed by atoms with E-state index in [-0.39, 0.29) is 11.2 Å². The quantitative estimate of drug-likeness (QED) is 0.627. The van der Waals surface area contributed by atoms with E-state index in [4.69, 9.17) is 0 Å². The number of anilines is 1. The lowest BCUT2D eigenvalue weighted by Gasteiger charge is -2.42. The zero-order valence-electron chi connectivity index (χ0n) is 9.27. The normalized spacial score (nSPS) is 17.6. The molecule has 0 radical (unpaired) electrons. The SMILES string of the molecule is CCC1(Nc2ncccc2[N+](=O)[O-])CCC1. The molecular formula is C11H15N3O2. The van der Waals surface area contributed by atoms with Crippen molar-refractivity contribution < 1.29 is 4.92 Å². The highest BCUT2D eigenvalue weighted by molar-refractivity contribution is 5.56. The lowest BCUT2D eigenvalue weighted by Crippen LogP contribution is -2.44. The summed E-state index contributed by atoms with van der Waals surface area (Å²) in [5.74, 6) is 0.397. The van der Waals surface area contributed by atoms with Gasteiger partial charge in [-0.1, -0.05) is 6.92 Å². The summed E-state index contributed by atoms with van der Waals surface area (Å²) in [4.78, 5) is 14.5. The maximum absolute atomic E-state index is 10.8. The molecular weight excluding hydrogens is 206 g/mol. The van der Waals surface area contributed by atoms with Crippen molar-refractivity contribution in [2.24, 2.45) is 0 Å². The average Bonchev–Trinajstić information content (AvgIpc) is 2.24. The predicted octanol–water partition coefficient (Wildman–Crippen LogP) is 2.73. The van der Waals surface area contributed by atoms with Crippen LogP contribution in [0, 0.1) is 10.1 Å². The monoisotopic (exact) mass is 221 g/mol. The number of rotatable bonds is 4. The maximum Gasteiger partial charge on any atom is 0.311 e. The van der Waals surface area contributed by atoms with Crippen molar-refractivity contribution in [3.05, 3.63) is 28.4 Å². The Morgan fingerprint density at radius 3 is 2.88 bits per heavy atom. The first-order valence-corrected chi connectivity index (χ1v) is 5.54. The van der Waals surface area contributed by atoms with Gasteiger partial charge in [0.15, 0.2) is 0 Å². The van der Waals surface area contributed by atoms with Crippen LogP contribution in [-0.4, -0.2) is 15.4 Å². The van der Waals surface area contributed by atoms with Crippen LogP contribution >= 0.6 is 0 Å². The van der Waals surface area contributed by atoms with Gasteiger partial charge >= 0.3 is 5.69 Å². The average molecular weight is 221 g/mol. The first kappa shape index (κ1) is 10.9. The van der Waals surface area contributed by atoms with Gasteiger partial charge in [0.1, 0.15) is 0 Å². The number of aromatic nitrogens is 1. The lowest BCUT2D eigenvalue weighted by atomic mass is 9.75. The van der Waals surface area contributed by atoms with Gasteiger partial charge in [-0.25, -0.2) is 4.98 Å². The molecule has 2 rings (SSSR count). The minimum Gasteiger partial charge on any atom is -0.359 e. The van der Waals surface area contributed by atoms with Gasteiger partial charge < -0.3 is 5.32 Å². The van der Waals surface area contributed by atoms with Gasteiger partial charge in [0.2, 0.25) is 5.82 Å². The molecule has 0 atom stereocenters. The molecule has 0 spiro atoms. The maximum atomic E-state index is 10.8. The highest BCUT2D eigenvalue weighted by Gasteiger charge is 2.36. The molecule has 1 aromatic rings. The topological polar surface area (TPSA) is 68.1 Å². The summed E-state index contributed by atoms with van der Waals surface area (Å²) in [5.41, 5.74) is 0.0845. The van der Waals surface area contributed by atoms with Crippen molar-refractivity contribution in [3.63, 3.8) is 0 Å². The van der Waals surface area contributed by atoms with E-state index in [1.807, 2.05) is 0 Å². The van der Waals surface area contributed by atoms with Gasteiger partial charge in [-0.2, -0.15) is 0 Å². The van der Waals surface area contributed by atoms with Crippen molar-refractivity contribution in [3.8, 4) is 0 Å². The van der Waals surface area contributed by atoms with E-state index in [0.717, 1.165) is 19.3 Å². The third-order valence-electron chi connectivity index (χ3n) is 3.35. The first-order valence-electron chi connectivity index (χ1n) is 5.54. The highest BCUT2D eigenvalue weighted by atomic mass is 16.6. The molecule has 0 aromatic carbocycles. The number of nitrogens with one attached hydrogen (secondary N) is 1. The molecule has 1 aromatic heterocycles. The molecule has 5 heteroatoms. The van der Waals surface area contributed by atoms with Crippen LogP contribution in [0.15, 0.2) is 18.3 Å². The molecule has 0 bridgehead atoms. The Bertz CT molecular complexity index is 396. The molecule has 16 heavy (non-hydrogen) atoms. The third kappa shape index (κ3) is 1.85. The second kappa shape index (κ2) is 4.08. The Labute approximate surface area is 94.0 Å². The zero-order chi connectivity index (χ0) is 11.6. The minimum atomic E-state index is -0.392. The smallest absolute Gasteiger partial charge is 0.311 e. The predicted molar refractivity (Wildman–Crippen MR) is 61.4 cm³/mol. The van der Waals surface area contributed by atoms with Crippen molar-refractivity contribution in [2.75, 3.05) is 5.32 Å². The molecule has 1 saturated carbocycles. The van der Waals surface area contributed by atoms with Crippen LogP contribution in [-0.2, 0) is 0 Å². The van der Waals surface area contributed by atoms with E-state index in [0.29, 0.717) is 5.82 Å². The zero-order valence-corrected chi connectivity index (χ0v) is 9.27. The molecule has 1 aliphatic carbocycles. The van der Waals surface area contributed by atoms with Gasteiger partial charge in [-0.05, 0) is 31.7 Å². The molecule has 0 amide bonds. The fourth-order valence-electron chi connectivity index (χ4n) is 2.06. The van der Waals surface area contributed by atoms with Gasteiger partial charge in [0.05, 0.1) is 4.92 Å².